The molecule has 0 fully saturated rings. The van der Waals surface area contributed by atoms with Crippen LogP contribution in [0.3, 0.4) is 0 Å². The average Bonchev–Trinajstić information content (AvgIpc) is 3.69. The maximum absolute atomic E-state index is 6.61. The molecule has 0 aliphatic heterocycles. The molecule has 2 aromatic heterocycles. The zero-order valence-corrected chi connectivity index (χ0v) is 28.5. The molecule has 53 heavy (non-hydrogen) atoms. The van der Waals surface area contributed by atoms with Gasteiger partial charge in [-0.05, 0) is 68.7 Å². The smallest absolute Gasteiger partial charge is 0.227 e. The fourth-order valence-corrected chi connectivity index (χ4v) is 7.04. The molecule has 0 aliphatic rings. The van der Waals surface area contributed by atoms with E-state index in [-0.39, 0.29) is 0 Å². The van der Waals surface area contributed by atoms with E-state index in [1.807, 2.05) is 66.7 Å². The van der Waals surface area contributed by atoms with Crippen LogP contribution in [0.4, 0.5) is 0 Å². The fourth-order valence-electron chi connectivity index (χ4n) is 7.04. The van der Waals surface area contributed by atoms with Gasteiger partial charge in [-0.3, -0.25) is 0 Å². The van der Waals surface area contributed by atoms with Crippen molar-refractivity contribution in [1.29, 1.82) is 0 Å². The van der Waals surface area contributed by atoms with Gasteiger partial charge in [0, 0.05) is 27.6 Å². The van der Waals surface area contributed by atoms with Crippen molar-refractivity contribution in [3.8, 4) is 67.9 Å². The van der Waals surface area contributed by atoms with Crippen LogP contribution in [0.25, 0.3) is 101 Å². The summed E-state index contributed by atoms with van der Waals surface area (Å²) in [5.41, 5.74) is 9.74. The summed E-state index contributed by atoms with van der Waals surface area (Å²) in [4.78, 5) is 20.2. The molecule has 0 unspecified atom stereocenters. The molecule has 0 atom stereocenters. The largest absolute Gasteiger partial charge is 0.435 e. The summed E-state index contributed by atoms with van der Waals surface area (Å²) in [5.74, 6) is 2.33. The van der Waals surface area contributed by atoms with Crippen molar-refractivity contribution in [3.05, 3.63) is 182 Å². The van der Waals surface area contributed by atoms with Crippen molar-refractivity contribution in [1.82, 2.24) is 19.9 Å². The van der Waals surface area contributed by atoms with Crippen molar-refractivity contribution in [2.45, 2.75) is 0 Å². The van der Waals surface area contributed by atoms with Gasteiger partial charge in [0.25, 0.3) is 0 Å². The Morgan fingerprint density at radius 2 is 0.830 bits per heavy atom. The minimum Gasteiger partial charge on any atom is -0.435 e. The minimum atomic E-state index is 0.565. The first-order valence-corrected chi connectivity index (χ1v) is 17.6. The number of benzene rings is 8. The van der Waals surface area contributed by atoms with Crippen molar-refractivity contribution in [3.63, 3.8) is 0 Å². The molecule has 10 rings (SSSR count). The summed E-state index contributed by atoms with van der Waals surface area (Å²) in [6, 6.07) is 62.4. The van der Waals surface area contributed by atoms with Crippen LogP contribution < -0.4 is 0 Å². The number of oxazole rings is 1. The molecular weight excluding hydrogens is 649 g/mol. The third-order valence-corrected chi connectivity index (χ3v) is 9.75. The highest BCUT2D eigenvalue weighted by Gasteiger charge is 2.19. The minimum absolute atomic E-state index is 0.565. The molecule has 0 saturated heterocycles. The zero-order valence-electron chi connectivity index (χ0n) is 28.5. The summed E-state index contributed by atoms with van der Waals surface area (Å²) in [7, 11) is 0. The number of fused-ring (bicyclic) bond motifs is 4. The Morgan fingerprint density at radius 1 is 0.321 bits per heavy atom. The highest BCUT2D eigenvalue weighted by molar-refractivity contribution is 6.10. The van der Waals surface area contributed by atoms with Crippen LogP contribution in [0, 0.1) is 0 Å². The Hall–Kier alpha value is -7.24. The maximum Gasteiger partial charge on any atom is 0.227 e. The van der Waals surface area contributed by atoms with Crippen LogP contribution in [-0.2, 0) is 0 Å². The number of aromatic nitrogens is 4. The van der Waals surface area contributed by atoms with Gasteiger partial charge in [-0.1, -0.05) is 152 Å². The van der Waals surface area contributed by atoms with E-state index in [0.717, 1.165) is 54.9 Å². The first kappa shape index (κ1) is 30.6. The molecule has 0 N–H and O–H groups in total. The quantitative estimate of drug-likeness (QED) is 0.175. The number of hydrogen-bond donors (Lipinski definition) is 0. The van der Waals surface area contributed by atoms with E-state index in [4.69, 9.17) is 24.4 Å². The highest BCUT2D eigenvalue weighted by atomic mass is 16.3. The van der Waals surface area contributed by atoms with E-state index in [9.17, 15) is 0 Å². The second-order valence-electron chi connectivity index (χ2n) is 13.1. The summed E-state index contributed by atoms with van der Waals surface area (Å²) < 4.78 is 6.61. The zero-order chi connectivity index (χ0) is 35.1. The molecule has 0 amide bonds. The molecule has 5 nitrogen and oxygen atoms in total. The molecule has 248 valence electrons. The average molecular weight is 679 g/mol. The van der Waals surface area contributed by atoms with Gasteiger partial charge in [-0.25, -0.2) is 19.9 Å². The molecule has 2 heterocycles. The Labute approximate surface area is 305 Å². The van der Waals surface area contributed by atoms with E-state index in [2.05, 4.69) is 115 Å². The van der Waals surface area contributed by atoms with Crippen LogP contribution >= 0.6 is 0 Å². The molecule has 0 aliphatic carbocycles. The summed E-state index contributed by atoms with van der Waals surface area (Å²) in [6.45, 7) is 0. The summed E-state index contributed by atoms with van der Waals surface area (Å²) in [6.07, 6.45) is 0. The van der Waals surface area contributed by atoms with Crippen molar-refractivity contribution in [2.24, 2.45) is 0 Å². The molecule has 8 aromatic carbocycles. The maximum atomic E-state index is 6.61. The van der Waals surface area contributed by atoms with Gasteiger partial charge in [-0.2, -0.15) is 0 Å². The molecule has 0 radical (unpaired) electrons. The van der Waals surface area contributed by atoms with Gasteiger partial charge < -0.3 is 4.42 Å². The third-order valence-electron chi connectivity index (χ3n) is 9.75. The molecule has 10 aromatic rings. The molecular formula is C48H30N4O. The Bertz CT molecular complexity index is 2920. The van der Waals surface area contributed by atoms with Crippen LogP contribution in [0.1, 0.15) is 0 Å². The van der Waals surface area contributed by atoms with Gasteiger partial charge in [0.05, 0.1) is 0 Å². The normalized spacial score (nSPS) is 11.4. The van der Waals surface area contributed by atoms with Gasteiger partial charge >= 0.3 is 0 Å². The van der Waals surface area contributed by atoms with E-state index >= 15 is 0 Å². The lowest BCUT2D eigenvalue weighted by atomic mass is 9.99. The van der Waals surface area contributed by atoms with Crippen LogP contribution in [0.5, 0.6) is 0 Å². The first-order chi connectivity index (χ1) is 26.2. The number of rotatable bonds is 6. The third kappa shape index (κ3) is 5.71. The van der Waals surface area contributed by atoms with Crippen LogP contribution in [0.2, 0.25) is 0 Å². The molecule has 0 spiro atoms. The second-order valence-corrected chi connectivity index (χ2v) is 13.1. The summed E-state index contributed by atoms with van der Waals surface area (Å²) >= 11 is 0. The fraction of sp³-hybridized carbons (Fsp3) is 0. The predicted octanol–water partition coefficient (Wildman–Crippen LogP) is 12.3. The Morgan fingerprint density at radius 3 is 1.53 bits per heavy atom. The Balaban J connectivity index is 1.10. The van der Waals surface area contributed by atoms with E-state index in [1.54, 1.807) is 0 Å². The lowest BCUT2D eigenvalue weighted by Crippen LogP contribution is -2.00. The highest BCUT2D eigenvalue weighted by Crippen LogP contribution is 2.37. The van der Waals surface area contributed by atoms with E-state index in [0.29, 0.717) is 28.9 Å². The number of hydrogen-bond acceptors (Lipinski definition) is 5. The lowest BCUT2D eigenvalue weighted by molar-refractivity contribution is 0.623. The predicted molar refractivity (Wildman–Crippen MR) is 215 cm³/mol. The van der Waals surface area contributed by atoms with Gasteiger partial charge in [-0.15, -0.1) is 0 Å². The van der Waals surface area contributed by atoms with Crippen LogP contribution in [0.15, 0.2) is 186 Å². The molecule has 5 heteroatoms. The van der Waals surface area contributed by atoms with Crippen molar-refractivity contribution < 1.29 is 4.42 Å². The monoisotopic (exact) mass is 678 g/mol. The SMILES string of the molecule is c1ccc(-c2ccc(-c3nc4ccc5cccc(-c6nc(-c7ccccc7)nc(-c7ccc8cc(-c9ccccc9)ccc8c7)n6)c5c4o3)cc2)cc1. The molecule has 0 bridgehead atoms. The van der Waals surface area contributed by atoms with Crippen molar-refractivity contribution in [2.75, 3.05) is 0 Å². The second kappa shape index (κ2) is 12.8. The van der Waals surface area contributed by atoms with Crippen LogP contribution in [-0.4, -0.2) is 19.9 Å². The van der Waals surface area contributed by atoms with Gasteiger partial charge in [0.15, 0.2) is 23.1 Å². The number of nitrogens with zero attached hydrogens (tertiary/aromatic N) is 4. The Kier molecular flexibility index (Phi) is 7.40. The van der Waals surface area contributed by atoms with Crippen molar-refractivity contribution >= 4 is 32.6 Å². The van der Waals surface area contributed by atoms with E-state index in [1.165, 1.54) is 16.7 Å². The lowest BCUT2D eigenvalue weighted by Gasteiger charge is -2.11. The van der Waals surface area contributed by atoms with Gasteiger partial charge in [0.2, 0.25) is 5.89 Å². The standard InChI is InChI=1S/C48H30N4O/c1-4-11-31(12-5-1)33-19-21-36(22-20-33)48-49-42-28-27-34-17-10-18-41(43(34)44(42)53-48)47-51-45(35-15-8-3-9-16-35)50-46(52-47)40-26-25-38-29-37(23-24-39(38)30-40)32-13-6-2-7-14-32/h1-30H. The molecule has 0 saturated carbocycles. The topological polar surface area (TPSA) is 64.7 Å². The van der Waals surface area contributed by atoms with Gasteiger partial charge in [0.1, 0.15) is 5.52 Å². The first-order valence-electron chi connectivity index (χ1n) is 17.6. The van der Waals surface area contributed by atoms with E-state index < -0.39 is 0 Å². The summed E-state index contributed by atoms with van der Waals surface area (Å²) in [5, 5.41) is 4.19.